The largest absolute Gasteiger partial charge is 0.461 e. The maximum Gasteiger partial charge on any atom is 0.359 e. The zero-order valence-electron chi connectivity index (χ0n) is 12.0. The van der Waals surface area contributed by atoms with Crippen LogP contribution in [-0.2, 0) is 14.2 Å². The number of nitrogens with zero attached hydrogens (tertiary/aromatic N) is 1. The van der Waals surface area contributed by atoms with Gasteiger partial charge in [0.05, 0.1) is 25.3 Å². The molecule has 7 heteroatoms. The number of aromatic nitrogens is 2. The van der Waals surface area contributed by atoms with Crippen LogP contribution < -0.4 is 0 Å². The Hall–Kier alpha value is -1.96. The predicted octanol–water partition coefficient (Wildman–Crippen LogP) is 1.39. The van der Waals surface area contributed by atoms with Gasteiger partial charge in [-0.25, -0.2) is 4.79 Å². The number of aliphatic hydroxyl groups is 1. The molecular formula is C14H18N2O5. The molecule has 0 fully saturated rings. The lowest BCUT2D eigenvalue weighted by molar-refractivity contribution is -0.113. The molecule has 1 atom stereocenters. The van der Waals surface area contributed by atoms with Crippen molar-refractivity contribution in [2.24, 2.45) is 0 Å². The van der Waals surface area contributed by atoms with E-state index in [4.69, 9.17) is 14.2 Å². The molecule has 7 nitrogen and oxygen atoms in total. The van der Waals surface area contributed by atoms with Gasteiger partial charge in [0.2, 0.25) is 0 Å². The number of fused-ring (bicyclic) bond motifs is 1. The van der Waals surface area contributed by atoms with Crippen LogP contribution >= 0.6 is 0 Å². The van der Waals surface area contributed by atoms with Gasteiger partial charge in [-0.2, -0.15) is 5.10 Å². The second kappa shape index (κ2) is 7.16. The number of H-pyrrole nitrogens is 1. The number of hydrogen-bond donors (Lipinski definition) is 2. The number of carbonyl (C=O) groups is 1. The van der Waals surface area contributed by atoms with Gasteiger partial charge in [0.25, 0.3) is 0 Å². The fraction of sp³-hybridized carbons (Fsp3) is 0.429. The Morgan fingerprint density at radius 2 is 2.24 bits per heavy atom. The average molecular weight is 294 g/mol. The number of carbonyl (C=O) groups excluding carboxylic acids is 1. The number of hydrogen-bond acceptors (Lipinski definition) is 6. The lowest BCUT2D eigenvalue weighted by atomic mass is 10.1. The van der Waals surface area contributed by atoms with Crippen molar-refractivity contribution in [3.63, 3.8) is 0 Å². The third kappa shape index (κ3) is 3.57. The van der Waals surface area contributed by atoms with Crippen molar-refractivity contribution in [1.29, 1.82) is 0 Å². The van der Waals surface area contributed by atoms with E-state index in [1.54, 1.807) is 32.2 Å². The molecule has 2 aromatic rings. The highest BCUT2D eigenvalue weighted by molar-refractivity contribution is 6.01. The standard InChI is InChI=1S/C14H18N2O5/c1-3-20-14(18)12-10-5-4-9(8-11(10)15-16-12)13(17)21-7-6-19-2/h4-5,8,13,17H,3,6-7H2,1-2H3,(H,15,16). The van der Waals surface area contributed by atoms with E-state index in [9.17, 15) is 9.90 Å². The van der Waals surface area contributed by atoms with E-state index < -0.39 is 12.3 Å². The van der Waals surface area contributed by atoms with E-state index in [0.717, 1.165) is 0 Å². The van der Waals surface area contributed by atoms with Crippen molar-refractivity contribution in [2.75, 3.05) is 26.9 Å². The first kappa shape index (κ1) is 15.4. The monoisotopic (exact) mass is 294 g/mol. The van der Waals surface area contributed by atoms with Crippen LogP contribution in [-0.4, -0.2) is 48.2 Å². The van der Waals surface area contributed by atoms with E-state index >= 15 is 0 Å². The van der Waals surface area contributed by atoms with E-state index in [0.29, 0.717) is 23.1 Å². The molecule has 0 aliphatic carbocycles. The summed E-state index contributed by atoms with van der Waals surface area (Å²) < 4.78 is 15.0. The third-order valence-electron chi connectivity index (χ3n) is 2.90. The van der Waals surface area contributed by atoms with Crippen molar-refractivity contribution in [3.05, 3.63) is 29.5 Å². The Kier molecular flexibility index (Phi) is 5.26. The summed E-state index contributed by atoms with van der Waals surface area (Å²) in [5.74, 6) is -0.478. The molecule has 1 aromatic carbocycles. The Morgan fingerprint density at radius 3 is 2.95 bits per heavy atom. The van der Waals surface area contributed by atoms with Crippen LogP contribution in [0.4, 0.5) is 0 Å². The molecule has 1 heterocycles. The van der Waals surface area contributed by atoms with Gasteiger partial charge in [-0.15, -0.1) is 0 Å². The van der Waals surface area contributed by atoms with Crippen LogP contribution in [0.25, 0.3) is 10.9 Å². The van der Waals surface area contributed by atoms with Crippen molar-refractivity contribution >= 4 is 16.9 Å². The summed E-state index contributed by atoms with van der Waals surface area (Å²) in [4.78, 5) is 11.7. The minimum Gasteiger partial charge on any atom is -0.461 e. The zero-order valence-corrected chi connectivity index (χ0v) is 12.0. The summed E-state index contributed by atoms with van der Waals surface area (Å²) in [6.45, 7) is 2.71. The number of methoxy groups -OCH3 is 1. The second-order valence-corrected chi connectivity index (χ2v) is 4.31. The first-order chi connectivity index (χ1) is 10.2. The number of esters is 1. The fourth-order valence-electron chi connectivity index (χ4n) is 1.89. The molecule has 0 radical (unpaired) electrons. The Labute approximate surface area is 121 Å². The van der Waals surface area contributed by atoms with Crippen molar-refractivity contribution in [1.82, 2.24) is 10.2 Å². The van der Waals surface area contributed by atoms with Gasteiger partial charge >= 0.3 is 5.97 Å². The summed E-state index contributed by atoms with van der Waals surface area (Å²) in [5.41, 5.74) is 1.43. The number of aliphatic hydroxyl groups excluding tert-OH is 1. The van der Waals surface area contributed by atoms with Gasteiger partial charge in [-0.05, 0) is 19.1 Å². The van der Waals surface area contributed by atoms with Gasteiger partial charge in [0.1, 0.15) is 0 Å². The zero-order chi connectivity index (χ0) is 15.2. The summed E-state index contributed by atoms with van der Waals surface area (Å²) in [6.07, 6.45) is -1.06. The fourth-order valence-corrected chi connectivity index (χ4v) is 1.89. The van der Waals surface area contributed by atoms with Crippen LogP contribution in [0, 0.1) is 0 Å². The normalized spacial score (nSPS) is 12.5. The topological polar surface area (TPSA) is 93.7 Å². The van der Waals surface area contributed by atoms with Crippen molar-refractivity contribution in [3.8, 4) is 0 Å². The maximum absolute atomic E-state index is 11.7. The Bertz CT molecular complexity index is 610. The average Bonchev–Trinajstić information content (AvgIpc) is 2.90. The summed E-state index contributed by atoms with van der Waals surface area (Å²) in [5, 5.41) is 17.2. The molecule has 2 N–H and O–H groups in total. The van der Waals surface area contributed by atoms with E-state index in [2.05, 4.69) is 10.2 Å². The van der Waals surface area contributed by atoms with Gasteiger partial charge in [0.15, 0.2) is 12.0 Å². The molecule has 1 unspecified atom stereocenters. The molecule has 114 valence electrons. The highest BCUT2D eigenvalue weighted by atomic mass is 16.6. The Morgan fingerprint density at radius 1 is 1.43 bits per heavy atom. The molecule has 0 aliphatic rings. The molecule has 0 saturated heterocycles. The number of ether oxygens (including phenoxy) is 3. The van der Waals surface area contributed by atoms with Gasteiger partial charge in [-0.3, -0.25) is 5.10 Å². The first-order valence-corrected chi connectivity index (χ1v) is 6.61. The molecule has 0 spiro atoms. The number of aromatic amines is 1. The number of benzene rings is 1. The van der Waals surface area contributed by atoms with Crippen LogP contribution in [0.5, 0.6) is 0 Å². The molecule has 0 saturated carbocycles. The van der Waals surface area contributed by atoms with Gasteiger partial charge in [0, 0.05) is 18.1 Å². The molecule has 1 aromatic heterocycles. The lowest BCUT2D eigenvalue weighted by Gasteiger charge is -2.11. The molecule has 21 heavy (non-hydrogen) atoms. The minimum absolute atomic E-state index is 0.230. The summed E-state index contributed by atoms with van der Waals surface area (Å²) >= 11 is 0. The van der Waals surface area contributed by atoms with Crippen molar-refractivity contribution < 1.29 is 24.1 Å². The predicted molar refractivity (Wildman–Crippen MR) is 74.8 cm³/mol. The smallest absolute Gasteiger partial charge is 0.359 e. The van der Waals surface area contributed by atoms with E-state index in [-0.39, 0.29) is 18.9 Å². The highest BCUT2D eigenvalue weighted by Gasteiger charge is 2.16. The van der Waals surface area contributed by atoms with Crippen molar-refractivity contribution in [2.45, 2.75) is 13.2 Å². The highest BCUT2D eigenvalue weighted by Crippen LogP contribution is 2.22. The number of rotatable bonds is 7. The van der Waals surface area contributed by atoms with Gasteiger partial charge < -0.3 is 19.3 Å². The molecule has 0 bridgehead atoms. The maximum atomic E-state index is 11.7. The summed E-state index contributed by atoms with van der Waals surface area (Å²) in [6, 6.07) is 5.06. The summed E-state index contributed by atoms with van der Waals surface area (Å²) in [7, 11) is 1.56. The second-order valence-electron chi connectivity index (χ2n) is 4.31. The first-order valence-electron chi connectivity index (χ1n) is 6.61. The minimum atomic E-state index is -1.06. The Balaban J connectivity index is 2.17. The third-order valence-corrected chi connectivity index (χ3v) is 2.90. The van der Waals surface area contributed by atoms with Gasteiger partial charge in [-0.1, -0.05) is 6.07 Å². The van der Waals surface area contributed by atoms with Crippen LogP contribution in [0.1, 0.15) is 29.3 Å². The quantitative estimate of drug-likeness (QED) is 0.455. The van der Waals surface area contributed by atoms with Crippen LogP contribution in [0.3, 0.4) is 0 Å². The number of nitrogens with one attached hydrogen (secondary N) is 1. The molecular weight excluding hydrogens is 276 g/mol. The van der Waals surface area contributed by atoms with E-state index in [1.807, 2.05) is 0 Å². The SMILES string of the molecule is CCOC(=O)c1n[nH]c2cc(C(O)OCCOC)ccc12. The molecule has 0 aliphatic heterocycles. The lowest BCUT2D eigenvalue weighted by Crippen LogP contribution is -2.08. The van der Waals surface area contributed by atoms with E-state index in [1.165, 1.54) is 0 Å². The van der Waals surface area contributed by atoms with Crippen LogP contribution in [0.2, 0.25) is 0 Å². The molecule has 0 amide bonds. The molecule has 2 rings (SSSR count). The van der Waals surface area contributed by atoms with Crippen LogP contribution in [0.15, 0.2) is 18.2 Å².